The van der Waals surface area contributed by atoms with Crippen LogP contribution in [0.5, 0.6) is 0 Å². The first-order valence-corrected chi connectivity index (χ1v) is 7.14. The molecule has 0 saturated carbocycles. The van der Waals surface area contributed by atoms with E-state index in [1.165, 1.54) is 0 Å². The van der Waals surface area contributed by atoms with Gasteiger partial charge in [0.05, 0.1) is 6.10 Å². The summed E-state index contributed by atoms with van der Waals surface area (Å²) in [4.78, 5) is 14.0. The number of carbonyl (C=O) groups excluding carboxylic acids is 1. The van der Waals surface area contributed by atoms with Crippen LogP contribution in [0.4, 0.5) is 0 Å². The summed E-state index contributed by atoms with van der Waals surface area (Å²) in [5, 5.41) is 0.234. The highest BCUT2D eigenvalue weighted by atomic mass is 35.5. The van der Waals surface area contributed by atoms with Crippen LogP contribution in [0.1, 0.15) is 39.0 Å². The molecule has 0 aromatic heterocycles. The Kier molecular flexibility index (Phi) is 4.69. The molecule has 2 saturated heterocycles. The molecule has 0 N–H and O–H groups in total. The Morgan fingerprint density at radius 2 is 2.29 bits per heavy atom. The molecule has 98 valence electrons. The number of ether oxygens (including phenoxy) is 1. The summed E-state index contributed by atoms with van der Waals surface area (Å²) >= 11 is 6.16. The highest BCUT2D eigenvalue weighted by molar-refractivity contribution is 6.20. The van der Waals surface area contributed by atoms with Crippen molar-refractivity contribution in [1.29, 1.82) is 0 Å². The fraction of sp³-hybridized carbons (Fsp3) is 0.923. The maximum Gasteiger partial charge on any atom is 0.222 e. The van der Waals surface area contributed by atoms with Gasteiger partial charge in [0.2, 0.25) is 5.91 Å². The molecule has 1 amide bonds. The smallest absolute Gasteiger partial charge is 0.222 e. The van der Waals surface area contributed by atoms with Gasteiger partial charge in [0.25, 0.3) is 0 Å². The van der Waals surface area contributed by atoms with Crippen molar-refractivity contribution in [2.75, 3.05) is 19.7 Å². The van der Waals surface area contributed by atoms with Gasteiger partial charge in [-0.3, -0.25) is 4.79 Å². The average molecular weight is 260 g/mol. The molecule has 0 radical (unpaired) electrons. The number of hydrogen-bond donors (Lipinski definition) is 0. The lowest BCUT2D eigenvalue weighted by Crippen LogP contribution is -2.43. The molecule has 3 atom stereocenters. The van der Waals surface area contributed by atoms with Crippen LogP contribution in [0.25, 0.3) is 0 Å². The second kappa shape index (κ2) is 6.05. The summed E-state index contributed by atoms with van der Waals surface area (Å²) < 4.78 is 5.54. The van der Waals surface area contributed by atoms with Gasteiger partial charge in [-0.05, 0) is 31.6 Å². The van der Waals surface area contributed by atoms with E-state index in [1.54, 1.807) is 0 Å². The summed E-state index contributed by atoms with van der Waals surface area (Å²) in [7, 11) is 0. The molecule has 2 aliphatic heterocycles. The molecule has 3 unspecified atom stereocenters. The number of piperidine rings is 1. The zero-order valence-corrected chi connectivity index (χ0v) is 11.3. The van der Waals surface area contributed by atoms with Crippen molar-refractivity contribution < 1.29 is 9.53 Å². The zero-order chi connectivity index (χ0) is 12.3. The fourth-order valence-corrected chi connectivity index (χ4v) is 2.84. The van der Waals surface area contributed by atoms with Crippen molar-refractivity contribution in [1.82, 2.24) is 4.90 Å². The van der Waals surface area contributed by atoms with E-state index >= 15 is 0 Å². The predicted molar refractivity (Wildman–Crippen MR) is 68.2 cm³/mol. The maximum absolute atomic E-state index is 12.0. The van der Waals surface area contributed by atoms with Crippen LogP contribution < -0.4 is 0 Å². The monoisotopic (exact) mass is 259 g/mol. The maximum atomic E-state index is 12.0. The van der Waals surface area contributed by atoms with Gasteiger partial charge in [0.1, 0.15) is 0 Å². The first kappa shape index (κ1) is 13.2. The standard InChI is InChI=1S/C13H22ClNO2/c1-10-9-15(7-6-12(10)14)13(16)5-4-11-3-2-8-17-11/h10-12H,2-9H2,1H3. The van der Waals surface area contributed by atoms with Crippen molar-refractivity contribution in [2.24, 2.45) is 5.92 Å². The van der Waals surface area contributed by atoms with E-state index in [0.717, 1.165) is 45.4 Å². The van der Waals surface area contributed by atoms with E-state index in [-0.39, 0.29) is 11.3 Å². The molecule has 2 fully saturated rings. The van der Waals surface area contributed by atoms with Gasteiger partial charge < -0.3 is 9.64 Å². The lowest BCUT2D eigenvalue weighted by Gasteiger charge is -2.34. The fourth-order valence-electron chi connectivity index (χ4n) is 2.66. The minimum absolute atomic E-state index is 0.234. The first-order valence-electron chi connectivity index (χ1n) is 6.70. The van der Waals surface area contributed by atoms with Crippen molar-refractivity contribution in [3.05, 3.63) is 0 Å². The SMILES string of the molecule is CC1CN(C(=O)CCC2CCCO2)CCC1Cl. The van der Waals surface area contributed by atoms with Gasteiger partial charge in [-0.15, -0.1) is 11.6 Å². The van der Waals surface area contributed by atoms with E-state index in [1.807, 2.05) is 4.90 Å². The zero-order valence-electron chi connectivity index (χ0n) is 10.5. The molecule has 4 heteroatoms. The Balaban J connectivity index is 1.72. The van der Waals surface area contributed by atoms with Gasteiger partial charge in [0.15, 0.2) is 0 Å². The van der Waals surface area contributed by atoms with Gasteiger partial charge >= 0.3 is 0 Å². The van der Waals surface area contributed by atoms with E-state index in [2.05, 4.69) is 6.92 Å². The molecule has 2 rings (SSSR count). The number of carbonyl (C=O) groups is 1. The molecule has 17 heavy (non-hydrogen) atoms. The van der Waals surface area contributed by atoms with Crippen molar-refractivity contribution in [3.63, 3.8) is 0 Å². The first-order chi connectivity index (χ1) is 8.16. The molecule has 2 aliphatic rings. The van der Waals surface area contributed by atoms with E-state index in [0.29, 0.717) is 18.4 Å². The van der Waals surface area contributed by atoms with E-state index in [9.17, 15) is 4.79 Å². The van der Waals surface area contributed by atoms with Gasteiger partial charge in [-0.25, -0.2) is 0 Å². The quantitative estimate of drug-likeness (QED) is 0.729. The average Bonchev–Trinajstić information content (AvgIpc) is 2.82. The van der Waals surface area contributed by atoms with Gasteiger partial charge in [-0.1, -0.05) is 6.92 Å². The minimum atomic E-state index is 0.234. The van der Waals surface area contributed by atoms with Crippen LogP contribution in [0, 0.1) is 5.92 Å². The molecule has 0 spiro atoms. The van der Waals surface area contributed by atoms with Crippen LogP contribution in [0.3, 0.4) is 0 Å². The van der Waals surface area contributed by atoms with Gasteiger partial charge in [-0.2, -0.15) is 0 Å². The van der Waals surface area contributed by atoms with Crippen LogP contribution in [-0.2, 0) is 9.53 Å². The van der Waals surface area contributed by atoms with E-state index < -0.39 is 0 Å². The number of nitrogens with zero attached hydrogens (tertiary/aromatic N) is 1. The predicted octanol–water partition coefficient (Wildman–Crippen LogP) is 2.42. The third-order valence-electron chi connectivity index (χ3n) is 3.86. The van der Waals surface area contributed by atoms with Crippen molar-refractivity contribution >= 4 is 17.5 Å². The lowest BCUT2D eigenvalue weighted by molar-refractivity contribution is -0.133. The summed E-state index contributed by atoms with van der Waals surface area (Å²) in [6.45, 7) is 4.63. The number of rotatable bonds is 3. The molecule has 3 nitrogen and oxygen atoms in total. The third-order valence-corrected chi connectivity index (χ3v) is 4.51. The van der Waals surface area contributed by atoms with Crippen LogP contribution >= 0.6 is 11.6 Å². The lowest BCUT2D eigenvalue weighted by atomic mass is 9.99. The number of likely N-dealkylation sites (tertiary alicyclic amines) is 1. The largest absolute Gasteiger partial charge is 0.378 e. The highest BCUT2D eigenvalue weighted by Crippen LogP contribution is 2.23. The number of hydrogen-bond acceptors (Lipinski definition) is 2. The highest BCUT2D eigenvalue weighted by Gasteiger charge is 2.27. The molecule has 0 aromatic carbocycles. The molecular weight excluding hydrogens is 238 g/mol. The normalized spacial score (nSPS) is 34.0. The van der Waals surface area contributed by atoms with Crippen molar-refractivity contribution in [2.45, 2.75) is 50.5 Å². The summed E-state index contributed by atoms with van der Waals surface area (Å²) in [6, 6.07) is 0. The summed E-state index contributed by atoms with van der Waals surface area (Å²) in [5.74, 6) is 0.688. The Hall–Kier alpha value is -0.280. The molecular formula is C13H22ClNO2. The third kappa shape index (κ3) is 3.59. The Bertz CT molecular complexity index is 266. The van der Waals surface area contributed by atoms with Crippen LogP contribution in [0.2, 0.25) is 0 Å². The Morgan fingerprint density at radius 3 is 2.94 bits per heavy atom. The van der Waals surface area contributed by atoms with Crippen LogP contribution in [0.15, 0.2) is 0 Å². The second-order valence-electron chi connectivity index (χ2n) is 5.30. The van der Waals surface area contributed by atoms with Gasteiger partial charge in [0, 0.05) is 31.5 Å². The minimum Gasteiger partial charge on any atom is -0.378 e. The summed E-state index contributed by atoms with van der Waals surface area (Å²) in [5.41, 5.74) is 0. The molecule has 2 heterocycles. The Labute approximate surface area is 108 Å². The Morgan fingerprint density at radius 1 is 1.47 bits per heavy atom. The topological polar surface area (TPSA) is 29.5 Å². The number of amides is 1. The second-order valence-corrected chi connectivity index (χ2v) is 5.86. The number of halogens is 1. The van der Waals surface area contributed by atoms with E-state index in [4.69, 9.17) is 16.3 Å². The molecule has 0 aliphatic carbocycles. The summed E-state index contributed by atoms with van der Waals surface area (Å²) in [6.07, 6.45) is 5.02. The number of alkyl halides is 1. The van der Waals surface area contributed by atoms with Crippen molar-refractivity contribution in [3.8, 4) is 0 Å². The van der Waals surface area contributed by atoms with Crippen LogP contribution in [-0.4, -0.2) is 42.0 Å². The molecule has 0 bridgehead atoms. The molecule has 0 aromatic rings.